The zero-order valence-electron chi connectivity index (χ0n) is 28.2. The van der Waals surface area contributed by atoms with Gasteiger partial charge in [0.25, 0.3) is 0 Å². The summed E-state index contributed by atoms with van der Waals surface area (Å²) in [6.45, 7) is 0. The Kier molecular flexibility index (Phi) is 7.92. The van der Waals surface area contributed by atoms with Crippen LogP contribution in [0.5, 0.6) is 0 Å². The SMILES string of the molecule is c1ccc(-c2ccc(-c3ccc4c(c3)c(-c3ccc(-c5ccccc5)cc3)c(-c3ccccc3)n4-c3ccc(-c4ccccc4)cc3)cc2)cc1. The van der Waals surface area contributed by atoms with Gasteiger partial charge in [0.1, 0.15) is 0 Å². The molecule has 0 radical (unpaired) electrons. The maximum absolute atomic E-state index is 2.45. The van der Waals surface area contributed by atoms with Crippen LogP contribution in [0.4, 0.5) is 0 Å². The van der Waals surface area contributed by atoms with Crippen molar-refractivity contribution in [1.29, 1.82) is 0 Å². The van der Waals surface area contributed by atoms with E-state index in [-0.39, 0.29) is 0 Å². The summed E-state index contributed by atoms with van der Waals surface area (Å²) in [7, 11) is 0. The van der Waals surface area contributed by atoms with Crippen molar-refractivity contribution in [1.82, 2.24) is 4.57 Å². The minimum absolute atomic E-state index is 1.13. The van der Waals surface area contributed by atoms with Crippen molar-refractivity contribution >= 4 is 10.9 Å². The van der Waals surface area contributed by atoms with Crippen LogP contribution in [0.25, 0.3) is 83.5 Å². The van der Waals surface area contributed by atoms with E-state index >= 15 is 0 Å². The second-order valence-electron chi connectivity index (χ2n) is 13.0. The monoisotopic (exact) mass is 649 g/mol. The van der Waals surface area contributed by atoms with Crippen LogP contribution < -0.4 is 0 Å². The molecule has 0 aliphatic rings. The van der Waals surface area contributed by atoms with Crippen LogP contribution in [0.3, 0.4) is 0 Å². The van der Waals surface area contributed by atoms with Gasteiger partial charge < -0.3 is 4.57 Å². The molecule has 1 heteroatoms. The lowest BCUT2D eigenvalue weighted by atomic mass is 9.94. The highest BCUT2D eigenvalue weighted by molar-refractivity contribution is 6.07. The maximum Gasteiger partial charge on any atom is 0.0619 e. The first-order chi connectivity index (χ1) is 25.3. The molecule has 51 heavy (non-hydrogen) atoms. The van der Waals surface area contributed by atoms with Crippen molar-refractivity contribution in [3.63, 3.8) is 0 Å². The first-order valence-electron chi connectivity index (χ1n) is 17.5. The lowest BCUT2D eigenvalue weighted by Gasteiger charge is -2.14. The molecule has 240 valence electrons. The molecule has 0 saturated heterocycles. The second-order valence-corrected chi connectivity index (χ2v) is 13.0. The van der Waals surface area contributed by atoms with Gasteiger partial charge in [0.05, 0.1) is 11.2 Å². The van der Waals surface area contributed by atoms with Gasteiger partial charge in [0, 0.05) is 16.6 Å². The minimum atomic E-state index is 1.13. The molecule has 0 N–H and O–H groups in total. The van der Waals surface area contributed by atoms with E-state index in [1.807, 2.05) is 0 Å². The van der Waals surface area contributed by atoms with E-state index in [4.69, 9.17) is 0 Å². The van der Waals surface area contributed by atoms with Gasteiger partial charge in [-0.15, -0.1) is 0 Å². The molecule has 0 spiro atoms. The van der Waals surface area contributed by atoms with Gasteiger partial charge in [0.15, 0.2) is 0 Å². The highest BCUT2D eigenvalue weighted by atomic mass is 15.0. The molecule has 0 aliphatic carbocycles. The average Bonchev–Trinajstić information content (AvgIpc) is 3.57. The molecule has 0 fully saturated rings. The molecule has 8 aromatic carbocycles. The fraction of sp³-hybridized carbons (Fsp3) is 0. The van der Waals surface area contributed by atoms with Crippen molar-refractivity contribution < 1.29 is 0 Å². The highest BCUT2D eigenvalue weighted by Gasteiger charge is 2.22. The standard InChI is InChI=1S/C50H35N/c1-5-13-36(14-6-1)39-21-23-42(24-22-39)45-31-34-48-47(35-45)49(43-27-25-40(26-28-43)37-15-7-2-8-16-37)50(44-19-11-4-12-20-44)51(48)46-32-29-41(30-33-46)38-17-9-3-10-18-38/h1-35H. The molecule has 0 saturated carbocycles. The van der Waals surface area contributed by atoms with Crippen LogP contribution in [0.15, 0.2) is 212 Å². The Bertz CT molecular complexity index is 2550. The smallest absolute Gasteiger partial charge is 0.0619 e. The Balaban J connectivity index is 1.26. The number of hydrogen-bond donors (Lipinski definition) is 0. The minimum Gasteiger partial charge on any atom is -0.309 e. The van der Waals surface area contributed by atoms with Crippen molar-refractivity contribution in [3.8, 4) is 72.6 Å². The van der Waals surface area contributed by atoms with E-state index in [1.165, 1.54) is 77.8 Å². The van der Waals surface area contributed by atoms with Gasteiger partial charge in [0.2, 0.25) is 0 Å². The van der Waals surface area contributed by atoms with Crippen LogP contribution in [-0.4, -0.2) is 4.57 Å². The zero-order chi connectivity index (χ0) is 34.0. The third kappa shape index (κ3) is 5.86. The van der Waals surface area contributed by atoms with Crippen LogP contribution in [0, 0.1) is 0 Å². The van der Waals surface area contributed by atoms with E-state index in [2.05, 4.69) is 217 Å². The molecule has 0 aliphatic heterocycles. The fourth-order valence-electron chi connectivity index (χ4n) is 7.28. The molecule has 1 heterocycles. The molecule has 9 rings (SSSR count). The summed E-state index contributed by atoms with van der Waals surface area (Å²) in [5.74, 6) is 0. The Hall–Kier alpha value is -6.70. The molecular formula is C50H35N. The summed E-state index contributed by atoms with van der Waals surface area (Å²) in [6.07, 6.45) is 0. The summed E-state index contributed by atoms with van der Waals surface area (Å²) >= 11 is 0. The Morgan fingerprint density at radius 2 is 0.588 bits per heavy atom. The van der Waals surface area contributed by atoms with Crippen LogP contribution in [-0.2, 0) is 0 Å². The van der Waals surface area contributed by atoms with E-state index in [0.717, 1.165) is 5.69 Å². The van der Waals surface area contributed by atoms with Gasteiger partial charge in [-0.2, -0.15) is 0 Å². The summed E-state index contributed by atoms with van der Waals surface area (Å²) in [5, 5.41) is 1.22. The number of nitrogens with zero attached hydrogens (tertiary/aromatic N) is 1. The first kappa shape index (κ1) is 30.4. The van der Waals surface area contributed by atoms with Gasteiger partial charge in [-0.1, -0.05) is 188 Å². The summed E-state index contributed by atoms with van der Waals surface area (Å²) in [6, 6.07) is 76.6. The van der Waals surface area contributed by atoms with Gasteiger partial charge in [-0.3, -0.25) is 0 Å². The molecule has 0 amide bonds. The molecule has 9 aromatic rings. The summed E-state index contributed by atoms with van der Waals surface area (Å²) < 4.78 is 2.45. The molecule has 0 bridgehead atoms. The van der Waals surface area contributed by atoms with E-state index in [0.29, 0.717) is 0 Å². The van der Waals surface area contributed by atoms with E-state index < -0.39 is 0 Å². The van der Waals surface area contributed by atoms with Gasteiger partial charge >= 0.3 is 0 Å². The topological polar surface area (TPSA) is 4.93 Å². The lowest BCUT2D eigenvalue weighted by molar-refractivity contribution is 1.14. The second kappa shape index (κ2) is 13.3. The summed E-state index contributed by atoms with van der Waals surface area (Å²) in [5.41, 5.74) is 16.8. The predicted octanol–water partition coefficient (Wildman–Crippen LogP) is 13.6. The van der Waals surface area contributed by atoms with Crippen molar-refractivity contribution in [2.45, 2.75) is 0 Å². The van der Waals surface area contributed by atoms with Crippen molar-refractivity contribution in [2.24, 2.45) is 0 Å². The molecule has 1 aromatic heterocycles. The third-order valence-electron chi connectivity index (χ3n) is 9.85. The van der Waals surface area contributed by atoms with Crippen LogP contribution in [0.2, 0.25) is 0 Å². The van der Waals surface area contributed by atoms with E-state index in [1.54, 1.807) is 0 Å². The van der Waals surface area contributed by atoms with E-state index in [9.17, 15) is 0 Å². The maximum atomic E-state index is 2.45. The first-order valence-corrected chi connectivity index (χ1v) is 17.5. The molecular weight excluding hydrogens is 615 g/mol. The number of benzene rings is 8. The quantitative estimate of drug-likeness (QED) is 0.162. The predicted molar refractivity (Wildman–Crippen MR) is 216 cm³/mol. The van der Waals surface area contributed by atoms with Crippen molar-refractivity contribution in [3.05, 3.63) is 212 Å². The Morgan fingerprint density at radius 1 is 0.255 bits per heavy atom. The van der Waals surface area contributed by atoms with Gasteiger partial charge in [-0.25, -0.2) is 0 Å². The molecule has 1 nitrogen and oxygen atoms in total. The van der Waals surface area contributed by atoms with Crippen molar-refractivity contribution in [2.75, 3.05) is 0 Å². The Labute approximate surface area is 299 Å². The molecule has 0 unspecified atom stereocenters. The number of hydrogen-bond acceptors (Lipinski definition) is 0. The summed E-state index contributed by atoms with van der Waals surface area (Å²) in [4.78, 5) is 0. The largest absolute Gasteiger partial charge is 0.309 e. The van der Waals surface area contributed by atoms with Gasteiger partial charge in [-0.05, 0) is 79.9 Å². The van der Waals surface area contributed by atoms with Crippen LogP contribution in [0.1, 0.15) is 0 Å². The normalized spacial score (nSPS) is 11.1. The average molecular weight is 650 g/mol. The van der Waals surface area contributed by atoms with Crippen LogP contribution >= 0.6 is 0 Å². The Morgan fingerprint density at radius 3 is 1.04 bits per heavy atom. The number of fused-ring (bicyclic) bond motifs is 1. The highest BCUT2D eigenvalue weighted by Crippen LogP contribution is 2.44. The third-order valence-corrected chi connectivity index (χ3v) is 9.85. The zero-order valence-corrected chi connectivity index (χ0v) is 28.2. The fourth-order valence-corrected chi connectivity index (χ4v) is 7.28. The lowest BCUT2D eigenvalue weighted by Crippen LogP contribution is -1.97. The number of rotatable bonds is 7. The number of aromatic nitrogens is 1. The molecule has 0 atom stereocenters.